The molecule has 1 saturated heterocycles. The number of rotatable bonds is 0. The molecule has 3 heteroatoms. The summed E-state index contributed by atoms with van der Waals surface area (Å²) in [7, 11) is 0. The number of hydrogen-bond donors (Lipinski definition) is 0. The van der Waals surface area contributed by atoms with Crippen LogP contribution in [0, 0.1) is 0 Å². The van der Waals surface area contributed by atoms with E-state index >= 15 is 0 Å². The molecule has 0 saturated carbocycles. The van der Waals surface area contributed by atoms with E-state index in [2.05, 4.69) is 28.1 Å². The molecule has 14 heavy (non-hydrogen) atoms. The molecule has 1 atom stereocenters. The molecular formula is C11H13AlNO. The zero-order valence-electron chi connectivity index (χ0n) is 8.15. The maximum atomic E-state index is 5.80. The predicted molar refractivity (Wildman–Crippen MR) is 56.1 cm³/mol. The molecule has 1 fully saturated rings. The zero-order chi connectivity index (χ0) is 9.38. The van der Waals surface area contributed by atoms with Crippen LogP contribution in [0.1, 0.15) is 30.9 Å². The van der Waals surface area contributed by atoms with Gasteiger partial charge in [-0.15, -0.1) is 0 Å². The summed E-state index contributed by atoms with van der Waals surface area (Å²) >= 11 is 0.0357. The Morgan fingerprint density at radius 2 is 2.21 bits per heavy atom. The SMILES string of the molecule is c1ccc2c(c1)[O][Al][N]1CCCCC21. The van der Waals surface area contributed by atoms with Crippen LogP contribution in [0.5, 0.6) is 5.75 Å². The molecule has 2 aliphatic heterocycles. The molecule has 2 heterocycles. The van der Waals surface area contributed by atoms with E-state index in [0.29, 0.717) is 6.04 Å². The Morgan fingerprint density at radius 1 is 1.29 bits per heavy atom. The first-order valence-electron chi connectivity index (χ1n) is 5.30. The van der Waals surface area contributed by atoms with Crippen LogP contribution >= 0.6 is 0 Å². The second-order valence-corrected chi connectivity index (χ2v) is 5.12. The number of nitrogens with zero attached hydrogens (tertiary/aromatic N) is 1. The fourth-order valence-corrected chi connectivity index (χ4v) is 3.61. The van der Waals surface area contributed by atoms with Crippen molar-refractivity contribution in [3.05, 3.63) is 29.8 Å². The molecule has 2 aliphatic rings. The van der Waals surface area contributed by atoms with Crippen LogP contribution in [-0.4, -0.2) is 26.2 Å². The van der Waals surface area contributed by atoms with Crippen molar-refractivity contribution in [2.45, 2.75) is 25.3 Å². The molecule has 1 unspecified atom stereocenters. The van der Waals surface area contributed by atoms with Crippen molar-refractivity contribution in [3.63, 3.8) is 0 Å². The van der Waals surface area contributed by atoms with Crippen LogP contribution in [0.4, 0.5) is 0 Å². The van der Waals surface area contributed by atoms with Gasteiger partial charge in [0.1, 0.15) is 0 Å². The van der Waals surface area contributed by atoms with E-state index in [1.807, 2.05) is 0 Å². The summed E-state index contributed by atoms with van der Waals surface area (Å²) in [6.07, 6.45) is 4.03. The van der Waals surface area contributed by atoms with Crippen LogP contribution in [0.2, 0.25) is 0 Å². The highest BCUT2D eigenvalue weighted by molar-refractivity contribution is 6.25. The van der Waals surface area contributed by atoms with E-state index in [4.69, 9.17) is 3.79 Å². The van der Waals surface area contributed by atoms with E-state index in [9.17, 15) is 0 Å². The third-order valence-corrected chi connectivity index (χ3v) is 4.39. The quantitative estimate of drug-likeness (QED) is 0.597. The first-order valence-corrected chi connectivity index (χ1v) is 6.28. The molecule has 3 rings (SSSR count). The van der Waals surface area contributed by atoms with Gasteiger partial charge in [0.25, 0.3) is 0 Å². The third-order valence-electron chi connectivity index (χ3n) is 3.14. The molecular weight excluding hydrogens is 189 g/mol. The number of piperidine rings is 1. The van der Waals surface area contributed by atoms with Crippen molar-refractivity contribution in [1.82, 2.24) is 3.88 Å². The second kappa shape index (κ2) is 3.58. The Bertz CT molecular complexity index is 342. The van der Waals surface area contributed by atoms with E-state index < -0.39 is 0 Å². The van der Waals surface area contributed by atoms with Crippen LogP contribution in [-0.2, 0) is 0 Å². The molecule has 1 aromatic carbocycles. The minimum atomic E-state index is 0.0357. The molecule has 71 valence electrons. The Morgan fingerprint density at radius 3 is 3.21 bits per heavy atom. The van der Waals surface area contributed by atoms with Crippen molar-refractivity contribution in [3.8, 4) is 5.75 Å². The highest BCUT2D eigenvalue weighted by atomic mass is 27.1. The van der Waals surface area contributed by atoms with Gasteiger partial charge in [-0.2, -0.15) is 0 Å². The molecule has 0 aliphatic carbocycles. The summed E-state index contributed by atoms with van der Waals surface area (Å²) in [5.41, 5.74) is 1.41. The van der Waals surface area contributed by atoms with Gasteiger partial charge in [0.2, 0.25) is 0 Å². The number of benzene rings is 1. The maximum Gasteiger partial charge on any atom is 0.663 e. The van der Waals surface area contributed by atoms with Crippen molar-refractivity contribution in [2.24, 2.45) is 0 Å². The summed E-state index contributed by atoms with van der Waals surface area (Å²) < 4.78 is 8.34. The summed E-state index contributed by atoms with van der Waals surface area (Å²) in [4.78, 5) is 0. The van der Waals surface area contributed by atoms with Gasteiger partial charge in [0.15, 0.2) is 0 Å². The lowest BCUT2D eigenvalue weighted by Crippen LogP contribution is -2.42. The molecule has 0 spiro atoms. The Kier molecular flexibility index (Phi) is 2.25. The summed E-state index contributed by atoms with van der Waals surface area (Å²) in [5, 5.41) is 0. The van der Waals surface area contributed by atoms with Crippen molar-refractivity contribution >= 4 is 15.8 Å². The van der Waals surface area contributed by atoms with Gasteiger partial charge in [-0.25, -0.2) is 0 Å². The third kappa shape index (κ3) is 1.37. The second-order valence-electron chi connectivity index (χ2n) is 4.01. The Hall–Kier alpha value is -0.488. The minimum Gasteiger partial charge on any atom is -0.635 e. The lowest BCUT2D eigenvalue weighted by Gasteiger charge is -2.40. The van der Waals surface area contributed by atoms with E-state index in [-0.39, 0.29) is 15.8 Å². The van der Waals surface area contributed by atoms with Gasteiger partial charge in [-0.1, -0.05) is 24.6 Å². The van der Waals surface area contributed by atoms with Crippen LogP contribution < -0.4 is 3.79 Å². The fourth-order valence-electron chi connectivity index (χ4n) is 2.40. The Labute approximate surface area is 91.1 Å². The first-order chi connectivity index (χ1) is 6.95. The summed E-state index contributed by atoms with van der Waals surface area (Å²) in [6, 6.07) is 9.17. The fraction of sp³-hybridized carbons (Fsp3) is 0.455. The average Bonchev–Trinajstić information content (AvgIpc) is 2.29. The first kappa shape index (κ1) is 8.79. The van der Waals surface area contributed by atoms with Gasteiger partial charge in [0, 0.05) is 11.6 Å². The Balaban J connectivity index is 1.99. The van der Waals surface area contributed by atoms with Crippen molar-refractivity contribution < 1.29 is 3.79 Å². The molecule has 0 N–H and O–H groups in total. The molecule has 1 aromatic rings. The standard InChI is InChI=1S/C11H14NO.Al/c13-11-7-2-1-5-9(11)10-6-3-4-8-12-10;/h1-2,5,7,10,13H,3-4,6,8H2;/q-1;+2/p-1. The summed E-state index contributed by atoms with van der Waals surface area (Å²) in [6.45, 7) is 1.23. The van der Waals surface area contributed by atoms with E-state index in [0.717, 1.165) is 5.75 Å². The molecule has 2 nitrogen and oxygen atoms in total. The van der Waals surface area contributed by atoms with Crippen LogP contribution in [0.15, 0.2) is 24.3 Å². The van der Waals surface area contributed by atoms with E-state index in [1.54, 1.807) is 0 Å². The van der Waals surface area contributed by atoms with Crippen molar-refractivity contribution in [1.29, 1.82) is 0 Å². The van der Waals surface area contributed by atoms with Crippen molar-refractivity contribution in [2.75, 3.05) is 6.54 Å². The predicted octanol–water partition coefficient (Wildman–Crippen LogP) is 2.14. The average molecular weight is 202 g/mol. The minimum absolute atomic E-state index is 0.0357. The molecule has 1 radical (unpaired) electrons. The molecule has 0 bridgehead atoms. The maximum absolute atomic E-state index is 5.80. The number of para-hydroxylation sites is 1. The largest absolute Gasteiger partial charge is 0.663 e. The van der Waals surface area contributed by atoms with E-state index in [1.165, 1.54) is 31.4 Å². The smallest absolute Gasteiger partial charge is 0.635 e. The normalized spacial score (nSPS) is 25.6. The highest BCUT2D eigenvalue weighted by Gasteiger charge is 2.32. The van der Waals surface area contributed by atoms with Gasteiger partial charge in [-0.3, -0.25) is 0 Å². The number of fused-ring (bicyclic) bond motifs is 3. The van der Waals surface area contributed by atoms with Crippen LogP contribution in [0.3, 0.4) is 0 Å². The van der Waals surface area contributed by atoms with Gasteiger partial charge in [0.05, 0.1) is 5.75 Å². The van der Waals surface area contributed by atoms with Crippen LogP contribution in [0.25, 0.3) is 0 Å². The monoisotopic (exact) mass is 202 g/mol. The molecule has 0 amide bonds. The number of hydrogen-bond acceptors (Lipinski definition) is 2. The lowest BCUT2D eigenvalue weighted by atomic mass is 9.97. The van der Waals surface area contributed by atoms with Gasteiger partial charge in [-0.05, 0) is 25.5 Å². The highest BCUT2D eigenvalue weighted by Crippen LogP contribution is 2.38. The molecule has 0 aromatic heterocycles. The lowest BCUT2D eigenvalue weighted by molar-refractivity contribution is 0.221. The summed E-state index contributed by atoms with van der Waals surface area (Å²) in [5.74, 6) is 1.13. The topological polar surface area (TPSA) is 12.5 Å². The van der Waals surface area contributed by atoms with Gasteiger partial charge < -0.3 is 7.67 Å². The van der Waals surface area contributed by atoms with Gasteiger partial charge >= 0.3 is 15.8 Å². The zero-order valence-corrected chi connectivity index (χ0v) is 9.30.